The predicted molar refractivity (Wildman–Crippen MR) is 127 cm³/mol. The molecule has 2 aromatic rings. The van der Waals surface area contributed by atoms with Crippen molar-refractivity contribution in [2.24, 2.45) is 0 Å². The third kappa shape index (κ3) is 4.90. The zero-order valence-electron chi connectivity index (χ0n) is 19.4. The minimum atomic E-state index is -1.06. The number of esters is 1. The largest absolute Gasteiger partial charge is 0.478 e. The van der Waals surface area contributed by atoms with Gasteiger partial charge in [0.1, 0.15) is 0 Å². The lowest BCUT2D eigenvalue weighted by Gasteiger charge is -2.26. The second-order valence-electron chi connectivity index (χ2n) is 8.37. The highest BCUT2D eigenvalue weighted by molar-refractivity contribution is 6.35. The summed E-state index contributed by atoms with van der Waals surface area (Å²) in [5.41, 5.74) is 4.15. The third-order valence-corrected chi connectivity index (χ3v) is 6.15. The maximum Gasteiger partial charge on any atom is 0.340 e. The van der Waals surface area contributed by atoms with Crippen molar-refractivity contribution >= 4 is 35.2 Å². The van der Waals surface area contributed by atoms with Gasteiger partial charge in [0.15, 0.2) is 0 Å². The fourth-order valence-electron chi connectivity index (χ4n) is 4.48. The molecule has 1 aromatic heterocycles. The molecule has 9 heteroatoms. The Labute approximate surface area is 197 Å². The second-order valence-corrected chi connectivity index (χ2v) is 8.37. The van der Waals surface area contributed by atoms with Gasteiger partial charge in [-0.2, -0.15) is 0 Å². The van der Waals surface area contributed by atoms with Gasteiger partial charge in [-0.3, -0.25) is 9.69 Å². The van der Waals surface area contributed by atoms with E-state index in [2.05, 4.69) is 15.2 Å². The van der Waals surface area contributed by atoms with Crippen LogP contribution in [0.2, 0.25) is 0 Å². The number of morpholine rings is 1. The molecule has 3 N–H and O–H groups in total. The molecule has 0 saturated carbocycles. The van der Waals surface area contributed by atoms with Gasteiger partial charge in [0.25, 0.3) is 5.91 Å². The number of carboxylic acids is 1. The number of anilines is 1. The first-order valence-corrected chi connectivity index (χ1v) is 11.5. The molecule has 0 unspecified atom stereocenters. The number of benzene rings is 1. The van der Waals surface area contributed by atoms with Crippen LogP contribution in [0.4, 0.5) is 5.69 Å². The van der Waals surface area contributed by atoms with Crippen molar-refractivity contribution in [3.8, 4) is 0 Å². The number of fused-ring (bicyclic) bond motifs is 1. The minimum absolute atomic E-state index is 0.0989. The van der Waals surface area contributed by atoms with Crippen molar-refractivity contribution in [2.45, 2.75) is 26.7 Å². The van der Waals surface area contributed by atoms with Crippen LogP contribution in [0.3, 0.4) is 0 Å². The Bertz CT molecular complexity index is 1140. The Kier molecular flexibility index (Phi) is 7.14. The Morgan fingerprint density at radius 1 is 1.26 bits per heavy atom. The molecule has 180 valence electrons. The van der Waals surface area contributed by atoms with Crippen LogP contribution in [0.15, 0.2) is 18.2 Å². The van der Waals surface area contributed by atoms with Crippen LogP contribution in [0.5, 0.6) is 0 Å². The van der Waals surface area contributed by atoms with Gasteiger partial charge in [0.05, 0.1) is 36.5 Å². The summed E-state index contributed by atoms with van der Waals surface area (Å²) in [7, 11) is 0. The smallest absolute Gasteiger partial charge is 0.340 e. The molecule has 0 bridgehead atoms. The maximum absolute atomic E-state index is 12.7. The fraction of sp³-hybridized carbons (Fsp3) is 0.400. The molecule has 0 radical (unpaired) electrons. The van der Waals surface area contributed by atoms with Crippen molar-refractivity contribution in [3.05, 3.63) is 51.8 Å². The number of nitrogens with one attached hydrogen (secondary N) is 2. The number of hydrogen-bond acceptors (Lipinski definition) is 6. The van der Waals surface area contributed by atoms with Crippen molar-refractivity contribution in [3.63, 3.8) is 0 Å². The molecule has 3 heterocycles. The quantitative estimate of drug-likeness (QED) is 0.403. The molecule has 2 aliphatic heterocycles. The number of aromatic carboxylic acids is 1. The highest BCUT2D eigenvalue weighted by Crippen LogP contribution is 2.35. The topological polar surface area (TPSA) is 121 Å². The van der Waals surface area contributed by atoms with E-state index in [1.165, 1.54) is 12.1 Å². The van der Waals surface area contributed by atoms with E-state index in [0.29, 0.717) is 40.2 Å². The van der Waals surface area contributed by atoms with Gasteiger partial charge in [-0.1, -0.05) is 0 Å². The number of hydrogen-bond donors (Lipinski definition) is 3. The summed E-state index contributed by atoms with van der Waals surface area (Å²) in [6, 6.07) is 4.53. The SMILES string of the molecule is CCOC(=O)c1c(C)[nH]c(/C=C2\C(=O)Nc3ccc(C(=O)O)cc32)c1CCCN1CCOCC1. The van der Waals surface area contributed by atoms with Crippen LogP contribution >= 0.6 is 0 Å². The number of H-pyrrole nitrogens is 1. The van der Waals surface area contributed by atoms with Gasteiger partial charge < -0.3 is 24.9 Å². The third-order valence-electron chi connectivity index (χ3n) is 6.15. The summed E-state index contributed by atoms with van der Waals surface area (Å²) >= 11 is 0. The number of aromatic amines is 1. The van der Waals surface area contributed by atoms with Gasteiger partial charge in [-0.15, -0.1) is 0 Å². The Morgan fingerprint density at radius 2 is 2.03 bits per heavy atom. The summed E-state index contributed by atoms with van der Waals surface area (Å²) < 4.78 is 10.7. The lowest BCUT2D eigenvalue weighted by molar-refractivity contribution is -0.110. The second kappa shape index (κ2) is 10.2. The van der Waals surface area contributed by atoms with Gasteiger partial charge in [-0.25, -0.2) is 9.59 Å². The Balaban J connectivity index is 1.68. The summed E-state index contributed by atoms with van der Waals surface area (Å²) in [5.74, 6) is -1.78. The number of aryl methyl sites for hydroxylation is 1. The molecule has 34 heavy (non-hydrogen) atoms. The number of ether oxygens (including phenoxy) is 2. The first kappa shape index (κ1) is 23.7. The fourth-order valence-corrected chi connectivity index (χ4v) is 4.48. The van der Waals surface area contributed by atoms with Crippen molar-refractivity contribution in [1.82, 2.24) is 9.88 Å². The minimum Gasteiger partial charge on any atom is -0.478 e. The van der Waals surface area contributed by atoms with Gasteiger partial charge in [-0.05, 0) is 63.1 Å². The number of carbonyl (C=O) groups excluding carboxylic acids is 2. The number of nitrogens with zero attached hydrogens (tertiary/aromatic N) is 1. The Morgan fingerprint density at radius 3 is 2.74 bits per heavy atom. The van der Waals surface area contributed by atoms with Crippen molar-refractivity contribution < 1.29 is 29.0 Å². The standard InChI is InChI=1S/C25H29N3O6/c1-3-34-25(32)22-15(2)26-21(17(22)5-4-8-28-9-11-33-12-10-28)14-19-18-13-16(24(30)31)6-7-20(18)27-23(19)29/h6-7,13-14,26H,3-5,8-12H2,1-2H3,(H,27,29)(H,30,31)/b19-14-. The normalized spacial score (nSPS) is 17.0. The average Bonchev–Trinajstić information content (AvgIpc) is 3.30. The monoisotopic (exact) mass is 467 g/mol. The lowest BCUT2D eigenvalue weighted by Crippen LogP contribution is -2.37. The molecule has 4 rings (SSSR count). The lowest BCUT2D eigenvalue weighted by atomic mass is 9.99. The van der Waals surface area contributed by atoms with Crippen LogP contribution in [0.25, 0.3) is 11.6 Å². The summed E-state index contributed by atoms with van der Waals surface area (Å²) in [5, 5.41) is 12.1. The molecule has 0 spiro atoms. The molecular formula is C25H29N3O6. The maximum atomic E-state index is 12.7. The van der Waals surface area contributed by atoms with Gasteiger partial charge >= 0.3 is 11.9 Å². The van der Waals surface area contributed by atoms with E-state index in [1.54, 1.807) is 19.1 Å². The molecule has 1 fully saturated rings. The molecule has 1 aromatic carbocycles. The molecular weight excluding hydrogens is 438 g/mol. The number of carbonyl (C=O) groups is 3. The van der Waals surface area contributed by atoms with E-state index < -0.39 is 11.9 Å². The van der Waals surface area contributed by atoms with E-state index in [-0.39, 0.29) is 18.1 Å². The van der Waals surface area contributed by atoms with Crippen LogP contribution < -0.4 is 5.32 Å². The van der Waals surface area contributed by atoms with Crippen molar-refractivity contribution in [1.29, 1.82) is 0 Å². The van der Waals surface area contributed by atoms with E-state index in [4.69, 9.17) is 9.47 Å². The molecule has 9 nitrogen and oxygen atoms in total. The zero-order valence-corrected chi connectivity index (χ0v) is 19.4. The van der Waals surface area contributed by atoms with E-state index in [0.717, 1.165) is 44.8 Å². The molecule has 0 atom stereocenters. The summed E-state index contributed by atoms with van der Waals surface area (Å²) in [6.07, 6.45) is 3.15. The first-order chi connectivity index (χ1) is 16.4. The number of amides is 1. The van der Waals surface area contributed by atoms with Crippen LogP contribution in [-0.2, 0) is 20.7 Å². The highest BCUT2D eigenvalue weighted by atomic mass is 16.5. The first-order valence-electron chi connectivity index (χ1n) is 11.5. The molecule has 0 aliphatic carbocycles. The number of rotatable bonds is 8. The van der Waals surface area contributed by atoms with Gasteiger partial charge in [0.2, 0.25) is 0 Å². The van der Waals surface area contributed by atoms with Gasteiger partial charge in [0, 0.05) is 35.7 Å². The Hall–Kier alpha value is -3.43. The van der Waals surface area contributed by atoms with E-state index >= 15 is 0 Å². The van der Waals surface area contributed by atoms with Crippen LogP contribution in [-0.4, -0.2) is 72.3 Å². The molecule has 2 aliphatic rings. The summed E-state index contributed by atoms with van der Waals surface area (Å²) in [6.45, 7) is 7.93. The van der Waals surface area contributed by atoms with Crippen LogP contribution in [0, 0.1) is 6.92 Å². The summed E-state index contributed by atoms with van der Waals surface area (Å²) in [4.78, 5) is 42.5. The average molecular weight is 468 g/mol. The number of aromatic nitrogens is 1. The van der Waals surface area contributed by atoms with Crippen molar-refractivity contribution in [2.75, 3.05) is 44.8 Å². The molecule has 1 saturated heterocycles. The van der Waals surface area contributed by atoms with E-state index in [9.17, 15) is 19.5 Å². The predicted octanol–water partition coefficient (Wildman–Crippen LogP) is 2.96. The van der Waals surface area contributed by atoms with E-state index in [1.807, 2.05) is 6.92 Å². The highest BCUT2D eigenvalue weighted by Gasteiger charge is 2.28. The number of carboxylic acid groups (broad SMARTS) is 1. The van der Waals surface area contributed by atoms with Crippen LogP contribution in [0.1, 0.15) is 56.6 Å². The zero-order chi connectivity index (χ0) is 24.2. The molecule has 1 amide bonds.